The first-order chi connectivity index (χ1) is 20.9. The molecule has 2 amide bonds. The summed E-state index contributed by atoms with van der Waals surface area (Å²) in [5, 5.41) is 11.8. The SMILES string of the molecule is CC(=O)Nc1nc2c(s1)-c1c(c(-c3cccnc3)nn1-c1ccc(C(=O)N[C@H]3CC[C@@H](N4CCCC4)CC3)cc1Cl)OC2. The van der Waals surface area contributed by atoms with Crippen LogP contribution in [0.4, 0.5) is 5.13 Å². The number of nitrogens with zero attached hydrogens (tertiary/aromatic N) is 5. The summed E-state index contributed by atoms with van der Waals surface area (Å²) in [5.41, 5.74) is 3.90. The molecule has 43 heavy (non-hydrogen) atoms. The monoisotopic (exact) mass is 617 g/mol. The molecule has 1 aliphatic carbocycles. The van der Waals surface area contributed by atoms with Gasteiger partial charge in [0.05, 0.1) is 15.6 Å². The Morgan fingerprint density at radius 2 is 1.93 bits per heavy atom. The van der Waals surface area contributed by atoms with E-state index >= 15 is 0 Å². The van der Waals surface area contributed by atoms with Crippen molar-refractivity contribution in [2.75, 3.05) is 18.4 Å². The predicted octanol–water partition coefficient (Wildman–Crippen LogP) is 5.70. The molecule has 5 heterocycles. The molecule has 0 bridgehead atoms. The van der Waals surface area contributed by atoms with E-state index in [-0.39, 0.29) is 24.5 Å². The summed E-state index contributed by atoms with van der Waals surface area (Å²) < 4.78 is 7.92. The number of pyridine rings is 1. The van der Waals surface area contributed by atoms with Gasteiger partial charge in [0, 0.05) is 42.5 Å². The normalized spacial score (nSPS) is 19.8. The van der Waals surface area contributed by atoms with E-state index in [1.807, 2.05) is 18.2 Å². The highest BCUT2D eigenvalue weighted by atomic mass is 35.5. The molecule has 2 N–H and O–H groups in total. The first kappa shape index (κ1) is 28.0. The Kier molecular flexibility index (Phi) is 7.62. The molecule has 0 spiro atoms. The zero-order valence-corrected chi connectivity index (χ0v) is 25.4. The average molecular weight is 618 g/mol. The Morgan fingerprint density at radius 3 is 2.65 bits per heavy atom. The van der Waals surface area contributed by atoms with E-state index in [1.54, 1.807) is 29.2 Å². The fourth-order valence-electron chi connectivity index (χ4n) is 6.37. The Labute approximate surface area is 258 Å². The number of ether oxygens (including phenoxy) is 1. The van der Waals surface area contributed by atoms with Crippen LogP contribution in [0, 0.1) is 0 Å². The Balaban J connectivity index is 1.17. The molecule has 0 atom stereocenters. The van der Waals surface area contributed by atoms with Crippen molar-refractivity contribution in [2.45, 2.75) is 64.1 Å². The standard InChI is InChI=1S/C31H32ClN7O3S/c1-18(40)34-31-36-24-17-42-28-26(20-5-4-12-33-16-20)37-39(27(28)29(24)43-31)25-11-6-19(15-23(25)32)30(41)35-21-7-9-22(10-8-21)38-13-2-3-14-38/h4-6,11-12,15-16,21-22H,2-3,7-10,13-14,17H2,1H3,(H,35,41)(H,34,36,40)/t21-,22+. The van der Waals surface area contributed by atoms with Gasteiger partial charge >= 0.3 is 0 Å². The van der Waals surface area contributed by atoms with E-state index in [2.05, 4.69) is 25.5 Å². The van der Waals surface area contributed by atoms with E-state index in [0.717, 1.165) is 36.1 Å². The maximum absolute atomic E-state index is 13.3. The zero-order chi connectivity index (χ0) is 29.5. The number of amides is 2. The Morgan fingerprint density at radius 1 is 1.12 bits per heavy atom. The number of carbonyl (C=O) groups is 2. The second-order valence-electron chi connectivity index (χ2n) is 11.3. The molecule has 3 aliphatic rings. The van der Waals surface area contributed by atoms with Gasteiger partial charge in [0.2, 0.25) is 5.91 Å². The molecule has 2 fully saturated rings. The first-order valence-corrected chi connectivity index (χ1v) is 15.9. The molecule has 222 valence electrons. The number of nitrogens with one attached hydrogen (secondary N) is 2. The van der Waals surface area contributed by atoms with Crippen LogP contribution in [0.25, 0.3) is 27.5 Å². The molecule has 10 nitrogen and oxygen atoms in total. The zero-order valence-electron chi connectivity index (χ0n) is 23.8. The molecular weight excluding hydrogens is 586 g/mol. The van der Waals surface area contributed by atoms with Gasteiger partial charge in [0.15, 0.2) is 10.9 Å². The van der Waals surface area contributed by atoms with Crippen LogP contribution < -0.4 is 15.4 Å². The van der Waals surface area contributed by atoms with Crippen molar-refractivity contribution in [1.29, 1.82) is 0 Å². The van der Waals surface area contributed by atoms with Gasteiger partial charge in [-0.15, -0.1) is 0 Å². The summed E-state index contributed by atoms with van der Waals surface area (Å²) in [6.45, 7) is 4.11. The third-order valence-corrected chi connectivity index (χ3v) is 9.78. The third-order valence-electron chi connectivity index (χ3n) is 8.45. The van der Waals surface area contributed by atoms with E-state index < -0.39 is 0 Å². The fraction of sp³-hybridized carbons (Fsp3) is 0.387. The molecule has 1 aromatic carbocycles. The average Bonchev–Trinajstić information content (AvgIpc) is 3.76. The molecule has 2 aliphatic heterocycles. The number of anilines is 1. The van der Waals surface area contributed by atoms with E-state index in [4.69, 9.17) is 21.4 Å². The minimum absolute atomic E-state index is 0.121. The van der Waals surface area contributed by atoms with Gasteiger partial charge in [-0.3, -0.25) is 14.6 Å². The lowest BCUT2D eigenvalue weighted by Gasteiger charge is -2.34. The fourth-order valence-corrected chi connectivity index (χ4v) is 7.67. The molecule has 4 aromatic rings. The van der Waals surface area contributed by atoms with Crippen LogP contribution in [0.3, 0.4) is 0 Å². The number of thiazole rings is 1. The summed E-state index contributed by atoms with van der Waals surface area (Å²) in [6.07, 6.45) is 10.3. The highest BCUT2D eigenvalue weighted by Crippen LogP contribution is 2.48. The number of likely N-dealkylation sites (tertiary alicyclic amines) is 1. The molecule has 3 aromatic heterocycles. The van der Waals surface area contributed by atoms with Crippen molar-refractivity contribution in [3.05, 3.63) is 59.0 Å². The quantitative estimate of drug-likeness (QED) is 0.285. The smallest absolute Gasteiger partial charge is 0.251 e. The van der Waals surface area contributed by atoms with Crippen molar-refractivity contribution in [1.82, 2.24) is 30.0 Å². The van der Waals surface area contributed by atoms with Gasteiger partial charge in [-0.25, -0.2) is 9.67 Å². The van der Waals surface area contributed by atoms with Crippen LogP contribution >= 0.6 is 22.9 Å². The van der Waals surface area contributed by atoms with Crippen LogP contribution in [-0.4, -0.2) is 61.6 Å². The molecule has 1 saturated carbocycles. The van der Waals surface area contributed by atoms with E-state index in [0.29, 0.717) is 50.3 Å². The van der Waals surface area contributed by atoms with Crippen LogP contribution in [0.1, 0.15) is 61.5 Å². The summed E-state index contributed by atoms with van der Waals surface area (Å²) >= 11 is 8.23. The van der Waals surface area contributed by atoms with Gasteiger partial charge in [0.25, 0.3) is 5.91 Å². The highest BCUT2D eigenvalue weighted by Gasteiger charge is 2.33. The first-order valence-electron chi connectivity index (χ1n) is 14.7. The van der Waals surface area contributed by atoms with Crippen LogP contribution in [0.5, 0.6) is 5.75 Å². The van der Waals surface area contributed by atoms with Crippen LogP contribution in [0.15, 0.2) is 42.7 Å². The highest BCUT2D eigenvalue weighted by molar-refractivity contribution is 7.19. The Hall–Kier alpha value is -3.80. The lowest BCUT2D eigenvalue weighted by molar-refractivity contribution is -0.114. The Bertz CT molecular complexity index is 1670. The maximum atomic E-state index is 13.3. The van der Waals surface area contributed by atoms with Gasteiger partial charge < -0.3 is 20.3 Å². The van der Waals surface area contributed by atoms with Gasteiger partial charge in [-0.1, -0.05) is 22.9 Å². The van der Waals surface area contributed by atoms with Gasteiger partial charge in [0.1, 0.15) is 23.7 Å². The lowest BCUT2D eigenvalue weighted by atomic mass is 9.90. The number of halogens is 1. The van der Waals surface area contributed by atoms with Gasteiger partial charge in [-0.05, 0) is 81.9 Å². The molecular formula is C31H32ClN7O3S. The topological polar surface area (TPSA) is 114 Å². The summed E-state index contributed by atoms with van der Waals surface area (Å²) in [5.74, 6) is 0.263. The lowest BCUT2D eigenvalue weighted by Crippen LogP contribution is -2.43. The number of fused-ring (bicyclic) bond motifs is 3. The third kappa shape index (κ3) is 5.52. The predicted molar refractivity (Wildman–Crippen MR) is 166 cm³/mol. The molecule has 1 saturated heterocycles. The number of rotatable bonds is 6. The van der Waals surface area contributed by atoms with Crippen molar-refractivity contribution < 1.29 is 14.3 Å². The van der Waals surface area contributed by atoms with Crippen molar-refractivity contribution in [2.24, 2.45) is 0 Å². The summed E-state index contributed by atoms with van der Waals surface area (Å²) in [6, 6.07) is 9.87. The number of hydrogen-bond donors (Lipinski definition) is 2. The second-order valence-corrected chi connectivity index (χ2v) is 12.7. The van der Waals surface area contributed by atoms with Crippen LogP contribution in [-0.2, 0) is 11.4 Å². The maximum Gasteiger partial charge on any atom is 0.251 e. The number of benzene rings is 1. The van der Waals surface area contributed by atoms with Crippen molar-refractivity contribution in [3.63, 3.8) is 0 Å². The minimum Gasteiger partial charge on any atom is -0.483 e. The largest absolute Gasteiger partial charge is 0.483 e. The summed E-state index contributed by atoms with van der Waals surface area (Å²) in [7, 11) is 0. The van der Waals surface area contributed by atoms with E-state index in [1.165, 1.54) is 44.2 Å². The number of hydrogen-bond acceptors (Lipinski definition) is 8. The van der Waals surface area contributed by atoms with Gasteiger partial charge in [-0.2, -0.15) is 5.10 Å². The second kappa shape index (κ2) is 11.7. The van der Waals surface area contributed by atoms with Crippen LogP contribution in [0.2, 0.25) is 5.02 Å². The summed E-state index contributed by atoms with van der Waals surface area (Å²) in [4.78, 5) is 37.3. The number of carbonyl (C=O) groups excluding carboxylic acids is 2. The van der Waals surface area contributed by atoms with Crippen molar-refractivity contribution in [3.8, 4) is 33.3 Å². The van der Waals surface area contributed by atoms with Crippen molar-refractivity contribution >= 4 is 39.9 Å². The molecule has 12 heteroatoms. The number of aromatic nitrogens is 4. The minimum atomic E-state index is -0.201. The molecule has 7 rings (SSSR count). The molecule has 0 radical (unpaired) electrons. The molecule has 0 unspecified atom stereocenters. The van der Waals surface area contributed by atoms with E-state index in [9.17, 15) is 9.59 Å².